The van der Waals surface area contributed by atoms with E-state index < -0.39 is 18.0 Å². The normalized spacial score (nSPS) is 11.9. The third-order valence-corrected chi connectivity index (χ3v) is 5.71. The maximum atomic E-state index is 12.7. The van der Waals surface area contributed by atoms with Crippen molar-refractivity contribution < 1.29 is 23.8 Å². The number of nitrogens with zero attached hydrogens (tertiary/aromatic N) is 2. The van der Waals surface area contributed by atoms with E-state index in [4.69, 9.17) is 14.2 Å². The van der Waals surface area contributed by atoms with Crippen LogP contribution in [-0.4, -0.2) is 36.8 Å². The summed E-state index contributed by atoms with van der Waals surface area (Å²) in [5.41, 5.74) is 4.56. The van der Waals surface area contributed by atoms with Crippen molar-refractivity contribution in [3.63, 3.8) is 0 Å². The molecule has 1 heterocycles. The van der Waals surface area contributed by atoms with E-state index in [1.807, 2.05) is 67.8 Å². The van der Waals surface area contributed by atoms with Gasteiger partial charge < -0.3 is 24.1 Å². The van der Waals surface area contributed by atoms with E-state index in [1.165, 1.54) is 20.1 Å². The zero-order chi connectivity index (χ0) is 26.4. The van der Waals surface area contributed by atoms with Crippen molar-refractivity contribution in [2.45, 2.75) is 33.8 Å². The monoisotopic (exact) mass is 487 g/mol. The highest BCUT2D eigenvalue weighted by atomic mass is 16.5. The standard InChI is InChI=1S/C28H29N3O5/c1-17-7-12-26(35-6)25(13-17)30-27(32)20(4)36-28(33)22(16-29)15-21-14-18(2)31(19(21)3)23-8-10-24(34-5)11-9-23/h7-15,20H,1-6H3,(H,30,32)/b22-15+. The number of esters is 1. The summed E-state index contributed by atoms with van der Waals surface area (Å²) in [6, 6.07) is 16.7. The number of rotatable bonds is 8. The van der Waals surface area contributed by atoms with Crippen LogP contribution in [0.5, 0.6) is 11.5 Å². The lowest BCUT2D eigenvalue weighted by Crippen LogP contribution is -2.30. The van der Waals surface area contributed by atoms with E-state index in [1.54, 1.807) is 19.2 Å². The molecular weight excluding hydrogens is 458 g/mol. The van der Waals surface area contributed by atoms with Crippen LogP contribution in [0, 0.1) is 32.1 Å². The van der Waals surface area contributed by atoms with Gasteiger partial charge in [-0.1, -0.05) is 6.07 Å². The Morgan fingerprint density at radius 3 is 2.33 bits per heavy atom. The molecule has 3 aromatic rings. The minimum Gasteiger partial charge on any atom is -0.497 e. The van der Waals surface area contributed by atoms with Crippen LogP contribution >= 0.6 is 0 Å². The molecule has 0 aliphatic rings. The Kier molecular flexibility index (Phi) is 8.18. The number of anilines is 1. The lowest BCUT2D eigenvalue weighted by molar-refractivity contribution is -0.148. The van der Waals surface area contributed by atoms with Gasteiger partial charge in [-0.3, -0.25) is 4.79 Å². The number of aryl methyl sites for hydroxylation is 2. The highest BCUT2D eigenvalue weighted by Gasteiger charge is 2.22. The van der Waals surface area contributed by atoms with Crippen LogP contribution in [0.2, 0.25) is 0 Å². The fourth-order valence-corrected chi connectivity index (χ4v) is 3.79. The summed E-state index contributed by atoms with van der Waals surface area (Å²) < 4.78 is 17.8. The third-order valence-electron chi connectivity index (χ3n) is 5.71. The van der Waals surface area contributed by atoms with Crippen LogP contribution in [0.3, 0.4) is 0 Å². The second-order valence-electron chi connectivity index (χ2n) is 8.27. The fourth-order valence-electron chi connectivity index (χ4n) is 3.79. The molecule has 8 nitrogen and oxygen atoms in total. The Balaban J connectivity index is 1.78. The first kappa shape index (κ1) is 26.1. The second kappa shape index (κ2) is 11.3. The number of amides is 1. The molecule has 0 spiro atoms. The maximum absolute atomic E-state index is 12.7. The van der Waals surface area contributed by atoms with Gasteiger partial charge in [0.2, 0.25) is 0 Å². The Bertz CT molecular complexity index is 1350. The van der Waals surface area contributed by atoms with E-state index in [0.717, 1.165) is 28.4 Å². The first-order valence-electron chi connectivity index (χ1n) is 11.3. The van der Waals surface area contributed by atoms with Gasteiger partial charge in [-0.2, -0.15) is 5.26 Å². The molecule has 3 rings (SSSR count). The minimum atomic E-state index is -1.13. The topological polar surface area (TPSA) is 103 Å². The summed E-state index contributed by atoms with van der Waals surface area (Å²) in [6.45, 7) is 7.16. The van der Waals surface area contributed by atoms with Gasteiger partial charge in [0, 0.05) is 17.1 Å². The molecule has 36 heavy (non-hydrogen) atoms. The number of aromatic nitrogens is 1. The van der Waals surface area contributed by atoms with Crippen LogP contribution in [0.15, 0.2) is 54.1 Å². The highest BCUT2D eigenvalue weighted by molar-refractivity contribution is 6.01. The molecule has 0 aliphatic carbocycles. The molecule has 0 aliphatic heterocycles. The predicted molar refractivity (Wildman–Crippen MR) is 137 cm³/mol. The molecule has 2 aromatic carbocycles. The van der Waals surface area contributed by atoms with Crippen molar-refractivity contribution in [1.29, 1.82) is 5.26 Å². The molecule has 8 heteroatoms. The average Bonchev–Trinajstić information content (AvgIpc) is 3.14. The van der Waals surface area contributed by atoms with Crippen LogP contribution in [0.1, 0.15) is 29.4 Å². The van der Waals surface area contributed by atoms with Crippen LogP contribution in [0.4, 0.5) is 5.69 Å². The number of nitrogens with one attached hydrogen (secondary N) is 1. The predicted octanol–water partition coefficient (Wildman–Crippen LogP) is 4.90. The fraction of sp³-hybridized carbons (Fsp3) is 0.250. The minimum absolute atomic E-state index is 0.210. The average molecular weight is 488 g/mol. The van der Waals surface area contributed by atoms with Crippen molar-refractivity contribution in [2.75, 3.05) is 19.5 Å². The van der Waals surface area contributed by atoms with Gasteiger partial charge in [0.05, 0.1) is 19.9 Å². The Labute approximate surface area is 210 Å². The number of hydrogen-bond donors (Lipinski definition) is 1. The number of carbonyl (C=O) groups is 2. The SMILES string of the molecule is COc1ccc(-n2c(C)cc(/C=C(\C#N)C(=O)OC(C)C(=O)Nc3cc(C)ccc3OC)c2C)cc1. The van der Waals surface area contributed by atoms with E-state index in [9.17, 15) is 14.9 Å². The molecular formula is C28H29N3O5. The van der Waals surface area contributed by atoms with Crippen molar-refractivity contribution in [1.82, 2.24) is 4.57 Å². The zero-order valence-corrected chi connectivity index (χ0v) is 21.2. The van der Waals surface area contributed by atoms with E-state index >= 15 is 0 Å². The lowest BCUT2D eigenvalue weighted by atomic mass is 10.1. The van der Waals surface area contributed by atoms with Crippen LogP contribution < -0.4 is 14.8 Å². The Morgan fingerprint density at radius 2 is 1.72 bits per heavy atom. The Morgan fingerprint density at radius 1 is 1.03 bits per heavy atom. The van der Waals surface area contributed by atoms with Crippen molar-refractivity contribution >= 4 is 23.6 Å². The number of hydrogen-bond acceptors (Lipinski definition) is 6. The Hall–Kier alpha value is -4.51. The van der Waals surface area contributed by atoms with Gasteiger partial charge in [-0.25, -0.2) is 4.79 Å². The van der Waals surface area contributed by atoms with Gasteiger partial charge >= 0.3 is 5.97 Å². The van der Waals surface area contributed by atoms with Gasteiger partial charge in [-0.05, 0) is 87.4 Å². The summed E-state index contributed by atoms with van der Waals surface area (Å²) in [4.78, 5) is 25.4. The van der Waals surface area contributed by atoms with Crippen molar-refractivity contribution in [3.05, 3.63) is 76.6 Å². The largest absolute Gasteiger partial charge is 0.497 e. The molecule has 1 N–H and O–H groups in total. The molecule has 1 atom stereocenters. The van der Waals surface area contributed by atoms with E-state index in [-0.39, 0.29) is 5.57 Å². The number of nitriles is 1. The number of ether oxygens (including phenoxy) is 3. The van der Waals surface area contributed by atoms with E-state index in [0.29, 0.717) is 17.0 Å². The zero-order valence-electron chi connectivity index (χ0n) is 21.2. The molecule has 0 fully saturated rings. The summed E-state index contributed by atoms with van der Waals surface area (Å²) in [5, 5.41) is 12.3. The summed E-state index contributed by atoms with van der Waals surface area (Å²) >= 11 is 0. The molecule has 0 saturated heterocycles. The first-order chi connectivity index (χ1) is 17.2. The maximum Gasteiger partial charge on any atom is 0.349 e. The third kappa shape index (κ3) is 5.76. The highest BCUT2D eigenvalue weighted by Crippen LogP contribution is 2.26. The molecule has 1 unspecified atom stereocenters. The number of carbonyl (C=O) groups excluding carboxylic acids is 2. The van der Waals surface area contributed by atoms with Crippen LogP contribution in [0.25, 0.3) is 11.8 Å². The molecule has 0 bridgehead atoms. The lowest BCUT2D eigenvalue weighted by Gasteiger charge is -2.15. The van der Waals surface area contributed by atoms with E-state index in [2.05, 4.69) is 5.32 Å². The molecule has 186 valence electrons. The summed E-state index contributed by atoms with van der Waals surface area (Å²) in [7, 11) is 3.11. The van der Waals surface area contributed by atoms with Crippen molar-refractivity contribution in [3.8, 4) is 23.3 Å². The molecule has 0 radical (unpaired) electrons. The van der Waals surface area contributed by atoms with Gasteiger partial charge in [-0.15, -0.1) is 0 Å². The molecule has 0 saturated carbocycles. The number of methoxy groups -OCH3 is 2. The summed E-state index contributed by atoms with van der Waals surface area (Å²) in [6.07, 6.45) is 0.338. The van der Waals surface area contributed by atoms with Gasteiger partial charge in [0.1, 0.15) is 23.1 Å². The summed E-state index contributed by atoms with van der Waals surface area (Å²) in [5.74, 6) is -0.194. The molecule has 1 aromatic heterocycles. The van der Waals surface area contributed by atoms with Crippen LogP contribution in [-0.2, 0) is 14.3 Å². The van der Waals surface area contributed by atoms with Crippen molar-refractivity contribution in [2.24, 2.45) is 0 Å². The quantitative estimate of drug-likeness (QED) is 0.276. The first-order valence-corrected chi connectivity index (χ1v) is 11.3. The smallest absolute Gasteiger partial charge is 0.349 e. The second-order valence-corrected chi connectivity index (χ2v) is 8.27. The van der Waals surface area contributed by atoms with Gasteiger partial charge in [0.15, 0.2) is 6.10 Å². The molecule has 1 amide bonds. The number of benzene rings is 2. The van der Waals surface area contributed by atoms with Gasteiger partial charge in [0.25, 0.3) is 5.91 Å².